The number of carbonyl (C=O) groups is 2. The highest BCUT2D eigenvalue weighted by molar-refractivity contribution is 5.92. The summed E-state index contributed by atoms with van der Waals surface area (Å²) in [5.74, 6) is -1.05. The van der Waals surface area contributed by atoms with Crippen molar-refractivity contribution in [2.75, 3.05) is 5.32 Å². The first kappa shape index (κ1) is 13.0. The van der Waals surface area contributed by atoms with Gasteiger partial charge < -0.3 is 15.7 Å². The van der Waals surface area contributed by atoms with Crippen LogP contribution in [0.1, 0.15) is 19.0 Å². The number of hydrogen-bond acceptors (Lipinski definition) is 3. The zero-order chi connectivity index (χ0) is 12.8. The Labute approximate surface area is 99.1 Å². The predicted octanol–water partition coefficient (Wildman–Crippen LogP) is 1.37. The summed E-state index contributed by atoms with van der Waals surface area (Å²) in [6, 6.07) is 1.96. The van der Waals surface area contributed by atoms with Crippen LogP contribution in [0.5, 0.6) is 0 Å². The number of nitrogens with one attached hydrogen (secondary N) is 2. The normalized spacial score (nSPS) is 11.6. The molecule has 0 unspecified atom stereocenters. The first-order valence-corrected chi connectivity index (χ1v) is 5.26. The number of pyridine rings is 1. The zero-order valence-corrected chi connectivity index (χ0v) is 9.73. The molecule has 0 saturated carbocycles. The van der Waals surface area contributed by atoms with Crippen LogP contribution < -0.4 is 10.6 Å². The van der Waals surface area contributed by atoms with Gasteiger partial charge in [-0.3, -0.25) is 4.98 Å². The second-order valence-corrected chi connectivity index (χ2v) is 3.53. The molecule has 0 fully saturated rings. The predicted molar refractivity (Wildman–Crippen MR) is 62.8 cm³/mol. The van der Waals surface area contributed by atoms with Crippen molar-refractivity contribution in [3.8, 4) is 0 Å². The van der Waals surface area contributed by atoms with Gasteiger partial charge in [0, 0.05) is 6.20 Å². The second kappa shape index (κ2) is 5.83. The van der Waals surface area contributed by atoms with Crippen molar-refractivity contribution in [2.24, 2.45) is 0 Å². The van der Waals surface area contributed by atoms with Crippen LogP contribution in [0.25, 0.3) is 0 Å². The smallest absolute Gasteiger partial charge is 0.326 e. The van der Waals surface area contributed by atoms with Crippen molar-refractivity contribution < 1.29 is 14.7 Å². The van der Waals surface area contributed by atoms with Gasteiger partial charge >= 0.3 is 12.0 Å². The lowest BCUT2D eigenvalue weighted by Crippen LogP contribution is -2.42. The zero-order valence-electron chi connectivity index (χ0n) is 9.73. The monoisotopic (exact) mass is 237 g/mol. The fourth-order valence-electron chi connectivity index (χ4n) is 1.27. The Kier molecular flexibility index (Phi) is 4.45. The minimum Gasteiger partial charge on any atom is -0.480 e. The SMILES string of the molecule is CC[C@H](NC(=O)Nc1cccnc1C)C(=O)O. The number of urea groups is 1. The Hall–Kier alpha value is -2.11. The molecule has 0 bridgehead atoms. The van der Waals surface area contributed by atoms with E-state index >= 15 is 0 Å². The van der Waals surface area contributed by atoms with Gasteiger partial charge in [0.25, 0.3) is 0 Å². The van der Waals surface area contributed by atoms with Crippen LogP contribution in [-0.4, -0.2) is 28.1 Å². The number of carbonyl (C=O) groups excluding carboxylic acids is 1. The molecule has 92 valence electrons. The van der Waals surface area contributed by atoms with Crippen molar-refractivity contribution in [1.82, 2.24) is 10.3 Å². The number of aryl methyl sites for hydroxylation is 1. The van der Waals surface area contributed by atoms with E-state index in [4.69, 9.17) is 5.11 Å². The number of anilines is 1. The van der Waals surface area contributed by atoms with Crippen LogP contribution in [0.2, 0.25) is 0 Å². The van der Waals surface area contributed by atoms with Gasteiger partial charge in [-0.2, -0.15) is 0 Å². The maximum atomic E-state index is 11.5. The molecule has 1 heterocycles. The van der Waals surface area contributed by atoms with Crippen molar-refractivity contribution in [2.45, 2.75) is 26.3 Å². The molecule has 6 heteroatoms. The Morgan fingerprint density at radius 2 is 2.24 bits per heavy atom. The number of carboxylic acid groups (broad SMARTS) is 1. The highest BCUT2D eigenvalue weighted by Gasteiger charge is 2.17. The van der Waals surface area contributed by atoms with E-state index in [2.05, 4.69) is 15.6 Å². The maximum Gasteiger partial charge on any atom is 0.326 e. The van der Waals surface area contributed by atoms with Gasteiger partial charge in [-0.05, 0) is 25.5 Å². The van der Waals surface area contributed by atoms with Crippen LogP contribution >= 0.6 is 0 Å². The summed E-state index contributed by atoms with van der Waals surface area (Å²) >= 11 is 0. The number of aromatic nitrogens is 1. The van der Waals surface area contributed by atoms with Crippen LogP contribution in [0.4, 0.5) is 10.5 Å². The largest absolute Gasteiger partial charge is 0.480 e. The number of rotatable bonds is 4. The molecule has 1 atom stereocenters. The first-order valence-electron chi connectivity index (χ1n) is 5.26. The summed E-state index contributed by atoms with van der Waals surface area (Å²) < 4.78 is 0. The van der Waals surface area contributed by atoms with Crippen LogP contribution in [-0.2, 0) is 4.79 Å². The molecular weight excluding hydrogens is 222 g/mol. The molecule has 1 rings (SSSR count). The topological polar surface area (TPSA) is 91.3 Å². The van der Waals surface area contributed by atoms with E-state index in [1.807, 2.05) is 0 Å². The van der Waals surface area contributed by atoms with Gasteiger partial charge in [0.2, 0.25) is 0 Å². The summed E-state index contributed by atoms with van der Waals surface area (Å²) in [5.41, 5.74) is 1.23. The van der Waals surface area contributed by atoms with Gasteiger partial charge in [-0.25, -0.2) is 9.59 Å². The maximum absolute atomic E-state index is 11.5. The van der Waals surface area contributed by atoms with Gasteiger partial charge in [0.05, 0.1) is 11.4 Å². The fraction of sp³-hybridized carbons (Fsp3) is 0.364. The molecule has 0 aromatic carbocycles. The molecule has 0 aliphatic heterocycles. The van der Waals surface area contributed by atoms with Crippen LogP contribution in [0, 0.1) is 6.92 Å². The summed E-state index contributed by atoms with van der Waals surface area (Å²) in [5, 5.41) is 13.7. The molecular formula is C11H15N3O3. The van der Waals surface area contributed by atoms with Crippen molar-refractivity contribution in [1.29, 1.82) is 0 Å². The van der Waals surface area contributed by atoms with Gasteiger partial charge in [-0.15, -0.1) is 0 Å². The minimum absolute atomic E-state index is 0.328. The third-order valence-corrected chi connectivity index (χ3v) is 2.27. The Balaban J connectivity index is 2.61. The highest BCUT2D eigenvalue weighted by atomic mass is 16.4. The van der Waals surface area contributed by atoms with E-state index in [1.54, 1.807) is 32.2 Å². The van der Waals surface area contributed by atoms with E-state index in [-0.39, 0.29) is 0 Å². The second-order valence-electron chi connectivity index (χ2n) is 3.53. The molecule has 17 heavy (non-hydrogen) atoms. The van der Waals surface area contributed by atoms with Crippen LogP contribution in [0.15, 0.2) is 18.3 Å². The highest BCUT2D eigenvalue weighted by Crippen LogP contribution is 2.09. The number of amides is 2. The van der Waals surface area contributed by atoms with Gasteiger partial charge in [0.15, 0.2) is 0 Å². The molecule has 6 nitrogen and oxygen atoms in total. The van der Waals surface area contributed by atoms with Crippen molar-refractivity contribution in [3.05, 3.63) is 24.0 Å². The number of hydrogen-bond donors (Lipinski definition) is 3. The molecule has 3 N–H and O–H groups in total. The fourth-order valence-corrected chi connectivity index (χ4v) is 1.27. The molecule has 1 aromatic heterocycles. The van der Waals surface area contributed by atoms with E-state index in [1.165, 1.54) is 0 Å². The van der Waals surface area contributed by atoms with E-state index < -0.39 is 18.0 Å². The number of aliphatic carboxylic acids is 1. The lowest BCUT2D eigenvalue weighted by atomic mass is 10.2. The summed E-state index contributed by atoms with van der Waals surface area (Å²) in [4.78, 5) is 26.3. The Morgan fingerprint density at radius 1 is 1.53 bits per heavy atom. The average Bonchev–Trinajstić information content (AvgIpc) is 2.28. The molecule has 0 aliphatic carbocycles. The van der Waals surface area contributed by atoms with Crippen LogP contribution in [0.3, 0.4) is 0 Å². The Morgan fingerprint density at radius 3 is 2.76 bits per heavy atom. The lowest BCUT2D eigenvalue weighted by Gasteiger charge is -2.13. The molecule has 0 saturated heterocycles. The molecule has 0 radical (unpaired) electrons. The van der Waals surface area contributed by atoms with Gasteiger partial charge in [-0.1, -0.05) is 6.92 Å². The third-order valence-electron chi connectivity index (χ3n) is 2.27. The van der Waals surface area contributed by atoms with E-state index in [0.29, 0.717) is 17.8 Å². The summed E-state index contributed by atoms with van der Waals surface area (Å²) in [6.07, 6.45) is 1.94. The lowest BCUT2D eigenvalue weighted by molar-refractivity contribution is -0.139. The minimum atomic E-state index is -1.05. The van der Waals surface area contributed by atoms with Crippen molar-refractivity contribution in [3.63, 3.8) is 0 Å². The first-order chi connectivity index (χ1) is 8.04. The van der Waals surface area contributed by atoms with Crippen molar-refractivity contribution >= 4 is 17.7 Å². The summed E-state index contributed by atoms with van der Waals surface area (Å²) in [7, 11) is 0. The molecule has 0 spiro atoms. The van der Waals surface area contributed by atoms with E-state index in [0.717, 1.165) is 0 Å². The van der Waals surface area contributed by atoms with Gasteiger partial charge in [0.1, 0.15) is 6.04 Å². The quantitative estimate of drug-likeness (QED) is 0.737. The summed E-state index contributed by atoms with van der Waals surface area (Å²) in [6.45, 7) is 3.44. The number of carboxylic acids is 1. The third kappa shape index (κ3) is 3.75. The number of nitrogens with zero attached hydrogens (tertiary/aromatic N) is 1. The molecule has 2 amide bonds. The molecule has 0 aliphatic rings. The van der Waals surface area contributed by atoms with E-state index in [9.17, 15) is 9.59 Å². The Bertz CT molecular complexity index is 420. The standard InChI is InChI=1S/C11H15N3O3/c1-3-8(10(15)16)13-11(17)14-9-5-4-6-12-7(9)2/h4-6,8H,3H2,1-2H3,(H,15,16)(H2,13,14,17)/t8-/m0/s1. The average molecular weight is 237 g/mol. The molecule has 1 aromatic rings.